The van der Waals surface area contributed by atoms with Crippen molar-refractivity contribution >= 4 is 0 Å². The SMILES string of the molecule is CCOC(Cc1ccc(C2OCCO2)cc1)OC. The third-order valence-electron chi connectivity index (χ3n) is 2.89. The Labute approximate surface area is 108 Å². The summed E-state index contributed by atoms with van der Waals surface area (Å²) in [5.74, 6) is 0. The van der Waals surface area contributed by atoms with E-state index in [1.165, 1.54) is 5.56 Å². The molecule has 1 heterocycles. The van der Waals surface area contributed by atoms with Gasteiger partial charge in [-0.15, -0.1) is 0 Å². The molecule has 1 fully saturated rings. The molecule has 1 aromatic rings. The summed E-state index contributed by atoms with van der Waals surface area (Å²) in [5, 5.41) is 0. The Hall–Kier alpha value is -0.940. The molecule has 0 amide bonds. The van der Waals surface area contributed by atoms with Gasteiger partial charge in [-0.1, -0.05) is 24.3 Å². The molecule has 0 aliphatic carbocycles. The number of methoxy groups -OCH3 is 1. The van der Waals surface area contributed by atoms with Gasteiger partial charge in [0.05, 0.1) is 13.2 Å². The van der Waals surface area contributed by atoms with Crippen molar-refractivity contribution < 1.29 is 18.9 Å². The van der Waals surface area contributed by atoms with Crippen molar-refractivity contribution in [1.29, 1.82) is 0 Å². The quantitative estimate of drug-likeness (QED) is 0.728. The van der Waals surface area contributed by atoms with E-state index in [1.807, 2.05) is 19.1 Å². The largest absolute Gasteiger partial charge is 0.356 e. The Balaban J connectivity index is 1.94. The fourth-order valence-electron chi connectivity index (χ4n) is 1.95. The lowest BCUT2D eigenvalue weighted by molar-refractivity contribution is -0.118. The maximum Gasteiger partial charge on any atom is 0.184 e. The molecular formula is C14H20O4. The molecule has 0 bridgehead atoms. The molecule has 18 heavy (non-hydrogen) atoms. The maximum absolute atomic E-state index is 5.45. The van der Waals surface area contributed by atoms with E-state index in [1.54, 1.807) is 7.11 Å². The molecule has 0 N–H and O–H groups in total. The molecule has 1 atom stereocenters. The van der Waals surface area contributed by atoms with Crippen LogP contribution in [0, 0.1) is 0 Å². The summed E-state index contributed by atoms with van der Waals surface area (Å²) in [6.07, 6.45) is 0.362. The van der Waals surface area contributed by atoms with E-state index in [0.717, 1.165) is 12.0 Å². The van der Waals surface area contributed by atoms with Crippen LogP contribution >= 0.6 is 0 Å². The van der Waals surface area contributed by atoms with E-state index in [0.29, 0.717) is 19.8 Å². The lowest BCUT2D eigenvalue weighted by atomic mass is 10.1. The number of hydrogen-bond acceptors (Lipinski definition) is 4. The molecule has 0 radical (unpaired) electrons. The molecule has 1 saturated heterocycles. The van der Waals surface area contributed by atoms with E-state index >= 15 is 0 Å². The molecule has 1 unspecified atom stereocenters. The van der Waals surface area contributed by atoms with Gasteiger partial charge in [0, 0.05) is 25.7 Å². The predicted molar refractivity (Wildman–Crippen MR) is 67.2 cm³/mol. The van der Waals surface area contributed by atoms with Crippen molar-refractivity contribution in [1.82, 2.24) is 0 Å². The molecule has 100 valence electrons. The summed E-state index contributed by atoms with van der Waals surface area (Å²) in [4.78, 5) is 0. The average Bonchev–Trinajstić information content (AvgIpc) is 2.93. The van der Waals surface area contributed by atoms with Gasteiger partial charge < -0.3 is 18.9 Å². The first-order valence-electron chi connectivity index (χ1n) is 6.30. The van der Waals surface area contributed by atoms with Gasteiger partial charge in [-0.3, -0.25) is 0 Å². The molecule has 2 rings (SSSR count). The summed E-state index contributed by atoms with van der Waals surface area (Å²) in [5.41, 5.74) is 2.23. The summed E-state index contributed by atoms with van der Waals surface area (Å²) < 4.78 is 21.6. The molecule has 0 aromatic heterocycles. The number of hydrogen-bond donors (Lipinski definition) is 0. The first-order chi connectivity index (χ1) is 8.83. The van der Waals surface area contributed by atoms with Crippen LogP contribution in [0.3, 0.4) is 0 Å². The summed E-state index contributed by atoms with van der Waals surface area (Å²) in [7, 11) is 1.66. The van der Waals surface area contributed by atoms with Gasteiger partial charge in [-0.2, -0.15) is 0 Å². The summed E-state index contributed by atoms with van der Waals surface area (Å²) >= 11 is 0. The Morgan fingerprint density at radius 1 is 1.22 bits per heavy atom. The number of benzene rings is 1. The van der Waals surface area contributed by atoms with Crippen molar-refractivity contribution in [3.8, 4) is 0 Å². The molecule has 1 aliphatic heterocycles. The van der Waals surface area contributed by atoms with E-state index in [9.17, 15) is 0 Å². The molecule has 0 saturated carbocycles. The molecule has 4 nitrogen and oxygen atoms in total. The van der Waals surface area contributed by atoms with Crippen LogP contribution in [0.2, 0.25) is 0 Å². The second kappa shape index (κ2) is 6.85. The van der Waals surface area contributed by atoms with Gasteiger partial charge in [-0.05, 0) is 12.5 Å². The Bertz CT molecular complexity index is 343. The van der Waals surface area contributed by atoms with Crippen molar-refractivity contribution in [3.63, 3.8) is 0 Å². The third kappa shape index (κ3) is 3.53. The number of ether oxygens (including phenoxy) is 4. The fourth-order valence-corrected chi connectivity index (χ4v) is 1.95. The van der Waals surface area contributed by atoms with E-state index in [-0.39, 0.29) is 12.6 Å². The van der Waals surface area contributed by atoms with Gasteiger partial charge in [0.1, 0.15) is 0 Å². The summed E-state index contributed by atoms with van der Waals surface area (Å²) in [6.45, 7) is 3.95. The second-order valence-corrected chi connectivity index (χ2v) is 4.14. The van der Waals surface area contributed by atoms with E-state index < -0.39 is 0 Å². The van der Waals surface area contributed by atoms with Crippen molar-refractivity contribution in [3.05, 3.63) is 35.4 Å². The maximum atomic E-state index is 5.45. The molecule has 1 aliphatic rings. The summed E-state index contributed by atoms with van der Waals surface area (Å²) in [6, 6.07) is 8.19. The standard InChI is InChI=1S/C14H20O4/c1-3-16-13(15-2)10-11-4-6-12(7-5-11)14-17-8-9-18-14/h4-7,13-14H,3,8-10H2,1-2H3. The van der Waals surface area contributed by atoms with Gasteiger partial charge >= 0.3 is 0 Å². The normalized spacial score (nSPS) is 18.1. The zero-order valence-electron chi connectivity index (χ0n) is 10.9. The van der Waals surface area contributed by atoms with Gasteiger partial charge in [0.2, 0.25) is 0 Å². The highest BCUT2D eigenvalue weighted by Gasteiger charge is 2.18. The zero-order chi connectivity index (χ0) is 12.8. The Morgan fingerprint density at radius 2 is 1.89 bits per heavy atom. The number of rotatable bonds is 6. The van der Waals surface area contributed by atoms with Crippen LogP contribution in [0.4, 0.5) is 0 Å². The second-order valence-electron chi connectivity index (χ2n) is 4.14. The minimum absolute atomic E-state index is 0.181. The predicted octanol–water partition coefficient (Wildman–Crippen LogP) is 2.28. The topological polar surface area (TPSA) is 36.9 Å². The highest BCUT2D eigenvalue weighted by atomic mass is 16.7. The smallest absolute Gasteiger partial charge is 0.184 e. The van der Waals surface area contributed by atoms with Crippen LogP contribution in [0.25, 0.3) is 0 Å². The monoisotopic (exact) mass is 252 g/mol. The van der Waals surface area contributed by atoms with Crippen LogP contribution in [-0.4, -0.2) is 33.2 Å². The molecule has 1 aromatic carbocycles. The van der Waals surface area contributed by atoms with Gasteiger partial charge in [0.15, 0.2) is 12.6 Å². The van der Waals surface area contributed by atoms with Crippen molar-refractivity contribution in [2.24, 2.45) is 0 Å². The molecule has 0 spiro atoms. The highest BCUT2D eigenvalue weighted by molar-refractivity contribution is 5.24. The lowest BCUT2D eigenvalue weighted by Crippen LogP contribution is -2.18. The third-order valence-corrected chi connectivity index (χ3v) is 2.89. The van der Waals surface area contributed by atoms with Gasteiger partial charge in [-0.25, -0.2) is 0 Å². The van der Waals surface area contributed by atoms with Crippen LogP contribution in [-0.2, 0) is 25.4 Å². The van der Waals surface area contributed by atoms with E-state index in [4.69, 9.17) is 18.9 Å². The zero-order valence-corrected chi connectivity index (χ0v) is 10.9. The fraction of sp³-hybridized carbons (Fsp3) is 0.571. The first-order valence-corrected chi connectivity index (χ1v) is 6.30. The minimum Gasteiger partial charge on any atom is -0.356 e. The minimum atomic E-state index is -0.204. The van der Waals surface area contributed by atoms with Crippen LogP contribution in [0.5, 0.6) is 0 Å². The van der Waals surface area contributed by atoms with Gasteiger partial charge in [0.25, 0.3) is 0 Å². The van der Waals surface area contributed by atoms with E-state index in [2.05, 4.69) is 12.1 Å². The van der Waals surface area contributed by atoms with Crippen molar-refractivity contribution in [2.75, 3.05) is 26.9 Å². The lowest BCUT2D eigenvalue weighted by Gasteiger charge is -2.15. The molecule has 4 heteroatoms. The van der Waals surface area contributed by atoms with Crippen LogP contribution < -0.4 is 0 Å². The van der Waals surface area contributed by atoms with Crippen LogP contribution in [0.1, 0.15) is 24.3 Å². The Kier molecular flexibility index (Phi) is 5.13. The first kappa shape index (κ1) is 13.5. The van der Waals surface area contributed by atoms with Crippen molar-refractivity contribution in [2.45, 2.75) is 25.9 Å². The Morgan fingerprint density at radius 3 is 2.44 bits per heavy atom. The van der Waals surface area contributed by atoms with Crippen LogP contribution in [0.15, 0.2) is 24.3 Å². The molecular weight excluding hydrogens is 232 g/mol. The average molecular weight is 252 g/mol. The highest BCUT2D eigenvalue weighted by Crippen LogP contribution is 2.23.